The summed E-state index contributed by atoms with van der Waals surface area (Å²) in [6.07, 6.45) is 2.04. The molecule has 0 aliphatic carbocycles. The van der Waals surface area contributed by atoms with Crippen LogP contribution >= 0.6 is 0 Å². The number of sulfonamides is 1. The molecule has 34 heavy (non-hydrogen) atoms. The summed E-state index contributed by atoms with van der Waals surface area (Å²) in [6.45, 7) is 4.12. The summed E-state index contributed by atoms with van der Waals surface area (Å²) in [5.74, 6) is 0.216. The zero-order valence-electron chi connectivity index (χ0n) is 20.6. The standard InChI is InChI=1S/C25H35N3O5S/c1-6-22(25(30)26-3)27(18-20-12-9-13-21(17-20)33-4)24(29)15-10-16-28(34(5,31)32)23-14-8-7-11-19(23)2/h7-9,11-14,17,22H,6,10,15-16,18H2,1-5H3,(H,26,30)/t22-/m0/s1. The normalized spacial score (nSPS) is 12.0. The highest BCUT2D eigenvalue weighted by Crippen LogP contribution is 2.23. The molecule has 0 fully saturated rings. The Morgan fingerprint density at radius 2 is 1.82 bits per heavy atom. The second-order valence-electron chi connectivity index (χ2n) is 8.14. The first-order chi connectivity index (χ1) is 16.1. The highest BCUT2D eigenvalue weighted by atomic mass is 32.2. The number of carbonyl (C=O) groups excluding carboxylic acids is 2. The maximum atomic E-state index is 13.3. The molecular formula is C25H35N3O5S. The van der Waals surface area contributed by atoms with Crippen LogP contribution < -0.4 is 14.4 Å². The van der Waals surface area contributed by atoms with Gasteiger partial charge in [-0.25, -0.2) is 8.42 Å². The molecule has 186 valence electrons. The molecule has 0 radical (unpaired) electrons. The van der Waals surface area contributed by atoms with E-state index in [0.29, 0.717) is 24.3 Å². The number of amides is 2. The highest BCUT2D eigenvalue weighted by Gasteiger charge is 2.28. The molecule has 2 amide bonds. The molecule has 0 aliphatic rings. The number of hydrogen-bond donors (Lipinski definition) is 1. The monoisotopic (exact) mass is 489 g/mol. The Morgan fingerprint density at radius 1 is 1.12 bits per heavy atom. The molecule has 9 heteroatoms. The third-order valence-corrected chi connectivity index (χ3v) is 6.84. The Kier molecular flexibility index (Phi) is 9.92. The third-order valence-electron chi connectivity index (χ3n) is 5.66. The number of rotatable bonds is 12. The lowest BCUT2D eigenvalue weighted by molar-refractivity contribution is -0.141. The minimum atomic E-state index is -3.52. The number of nitrogens with zero attached hydrogens (tertiary/aromatic N) is 2. The Hall–Kier alpha value is -3.07. The van der Waals surface area contributed by atoms with Gasteiger partial charge in [0.05, 0.1) is 19.1 Å². The number of hydrogen-bond acceptors (Lipinski definition) is 5. The van der Waals surface area contributed by atoms with Crippen LogP contribution in [0.1, 0.15) is 37.3 Å². The third kappa shape index (κ3) is 7.21. The zero-order chi connectivity index (χ0) is 25.3. The van der Waals surface area contributed by atoms with Crippen LogP contribution in [-0.2, 0) is 26.2 Å². The van der Waals surface area contributed by atoms with Gasteiger partial charge in [-0.15, -0.1) is 0 Å². The SMILES string of the molecule is CC[C@@H](C(=O)NC)N(Cc1cccc(OC)c1)C(=O)CCCN(c1ccccc1C)S(C)(=O)=O. The molecule has 1 atom stereocenters. The summed E-state index contributed by atoms with van der Waals surface area (Å²) in [4.78, 5) is 27.4. The average Bonchev–Trinajstić information content (AvgIpc) is 2.81. The van der Waals surface area contributed by atoms with Gasteiger partial charge in [-0.2, -0.15) is 0 Å². The second kappa shape index (κ2) is 12.4. The smallest absolute Gasteiger partial charge is 0.242 e. The second-order valence-corrected chi connectivity index (χ2v) is 10.0. The topological polar surface area (TPSA) is 96.0 Å². The van der Waals surface area contributed by atoms with E-state index in [2.05, 4.69) is 5.32 Å². The van der Waals surface area contributed by atoms with Gasteiger partial charge in [0, 0.05) is 26.6 Å². The van der Waals surface area contributed by atoms with Crippen molar-refractivity contribution >= 4 is 27.5 Å². The number of para-hydroxylation sites is 1. The van der Waals surface area contributed by atoms with E-state index in [4.69, 9.17) is 4.74 Å². The molecule has 0 spiro atoms. The van der Waals surface area contributed by atoms with Crippen molar-refractivity contribution in [1.29, 1.82) is 0 Å². The number of ether oxygens (including phenoxy) is 1. The van der Waals surface area contributed by atoms with Gasteiger partial charge in [0.2, 0.25) is 21.8 Å². The first-order valence-electron chi connectivity index (χ1n) is 11.3. The lowest BCUT2D eigenvalue weighted by Crippen LogP contribution is -2.48. The lowest BCUT2D eigenvalue weighted by atomic mass is 10.1. The highest BCUT2D eigenvalue weighted by molar-refractivity contribution is 7.92. The predicted octanol–water partition coefficient (Wildman–Crippen LogP) is 3.10. The molecule has 2 rings (SSSR count). The summed E-state index contributed by atoms with van der Waals surface area (Å²) in [6, 6.07) is 14.0. The minimum Gasteiger partial charge on any atom is -0.497 e. The van der Waals surface area contributed by atoms with Crippen molar-refractivity contribution in [2.45, 2.75) is 45.7 Å². The average molecular weight is 490 g/mol. The van der Waals surface area contributed by atoms with Crippen molar-refractivity contribution in [2.75, 3.05) is 31.3 Å². The predicted molar refractivity (Wildman–Crippen MR) is 134 cm³/mol. The fraction of sp³-hybridized carbons (Fsp3) is 0.440. The Morgan fingerprint density at radius 3 is 2.41 bits per heavy atom. The van der Waals surface area contributed by atoms with Crippen LogP contribution in [0.4, 0.5) is 5.69 Å². The van der Waals surface area contributed by atoms with Crippen molar-refractivity contribution in [3.8, 4) is 5.75 Å². The van der Waals surface area contributed by atoms with Gasteiger partial charge >= 0.3 is 0 Å². The number of anilines is 1. The maximum absolute atomic E-state index is 13.3. The molecule has 2 aromatic carbocycles. The first kappa shape index (κ1) is 27.2. The minimum absolute atomic E-state index is 0.107. The Bertz CT molecular complexity index is 1090. The number of likely N-dealkylation sites (N-methyl/N-ethyl adjacent to an activating group) is 1. The quantitative estimate of drug-likeness (QED) is 0.494. The number of carbonyl (C=O) groups is 2. The summed E-state index contributed by atoms with van der Waals surface area (Å²) < 4.78 is 31.5. The number of nitrogens with one attached hydrogen (secondary N) is 1. The van der Waals surface area contributed by atoms with E-state index < -0.39 is 16.1 Å². The molecule has 0 saturated carbocycles. The molecule has 0 saturated heterocycles. The van der Waals surface area contributed by atoms with E-state index >= 15 is 0 Å². The molecule has 8 nitrogen and oxygen atoms in total. The molecule has 1 N–H and O–H groups in total. The van der Waals surface area contributed by atoms with Gasteiger partial charge in [-0.05, 0) is 49.1 Å². The Labute approximate surface area is 202 Å². The number of aryl methyl sites for hydroxylation is 1. The molecule has 0 unspecified atom stereocenters. The summed E-state index contributed by atoms with van der Waals surface area (Å²) in [5.41, 5.74) is 2.28. The van der Waals surface area contributed by atoms with E-state index in [0.717, 1.165) is 17.4 Å². The van der Waals surface area contributed by atoms with Crippen LogP contribution in [0.15, 0.2) is 48.5 Å². The van der Waals surface area contributed by atoms with Crippen molar-refractivity contribution < 1.29 is 22.7 Å². The van der Waals surface area contributed by atoms with Crippen LogP contribution in [0.3, 0.4) is 0 Å². The van der Waals surface area contributed by atoms with Gasteiger partial charge in [0.25, 0.3) is 0 Å². The van der Waals surface area contributed by atoms with E-state index in [1.165, 1.54) is 4.31 Å². The number of benzene rings is 2. The van der Waals surface area contributed by atoms with Gasteiger partial charge < -0.3 is 15.0 Å². The van der Waals surface area contributed by atoms with Gasteiger partial charge in [0.1, 0.15) is 11.8 Å². The van der Waals surface area contributed by atoms with E-state index in [1.54, 1.807) is 31.2 Å². The van der Waals surface area contributed by atoms with Crippen LogP contribution in [0.25, 0.3) is 0 Å². The lowest BCUT2D eigenvalue weighted by Gasteiger charge is -2.31. The van der Waals surface area contributed by atoms with Crippen molar-refractivity contribution in [2.24, 2.45) is 0 Å². The summed E-state index contributed by atoms with van der Waals surface area (Å²) in [5, 5.41) is 2.64. The molecule has 0 aliphatic heterocycles. The molecule has 0 bridgehead atoms. The fourth-order valence-electron chi connectivity index (χ4n) is 3.88. The maximum Gasteiger partial charge on any atom is 0.242 e. The van der Waals surface area contributed by atoms with Crippen LogP contribution in [0.5, 0.6) is 5.75 Å². The summed E-state index contributed by atoms with van der Waals surface area (Å²) in [7, 11) is -0.403. The van der Waals surface area contributed by atoms with Crippen molar-refractivity contribution in [3.05, 3.63) is 59.7 Å². The molecule has 2 aromatic rings. The van der Waals surface area contributed by atoms with Gasteiger partial charge in [0.15, 0.2) is 0 Å². The van der Waals surface area contributed by atoms with Crippen LogP contribution in [0, 0.1) is 6.92 Å². The number of methoxy groups -OCH3 is 1. The van der Waals surface area contributed by atoms with E-state index in [9.17, 15) is 18.0 Å². The first-order valence-corrected chi connectivity index (χ1v) is 13.1. The fourth-order valence-corrected chi connectivity index (χ4v) is 4.90. The van der Waals surface area contributed by atoms with Crippen LogP contribution in [0.2, 0.25) is 0 Å². The van der Waals surface area contributed by atoms with Crippen molar-refractivity contribution in [1.82, 2.24) is 10.2 Å². The molecule has 0 heterocycles. The zero-order valence-corrected chi connectivity index (χ0v) is 21.4. The largest absolute Gasteiger partial charge is 0.497 e. The molecular weight excluding hydrogens is 454 g/mol. The van der Waals surface area contributed by atoms with Gasteiger partial charge in [-0.3, -0.25) is 13.9 Å². The van der Waals surface area contributed by atoms with E-state index in [-0.39, 0.29) is 31.3 Å². The summed E-state index contributed by atoms with van der Waals surface area (Å²) >= 11 is 0. The van der Waals surface area contributed by atoms with E-state index in [1.807, 2.05) is 50.2 Å². The Balaban J connectivity index is 2.21. The van der Waals surface area contributed by atoms with Crippen molar-refractivity contribution in [3.63, 3.8) is 0 Å². The van der Waals surface area contributed by atoms with Crippen LogP contribution in [-0.4, -0.2) is 58.1 Å². The van der Waals surface area contributed by atoms with Gasteiger partial charge in [-0.1, -0.05) is 37.3 Å². The molecule has 0 aromatic heterocycles.